The van der Waals surface area contributed by atoms with Crippen molar-refractivity contribution in [1.82, 2.24) is 14.8 Å². The van der Waals surface area contributed by atoms with Crippen LogP contribution < -0.4 is 9.46 Å². The lowest BCUT2D eigenvalue weighted by atomic mass is 10.1. The van der Waals surface area contributed by atoms with Crippen LogP contribution in [-0.4, -0.2) is 61.9 Å². The van der Waals surface area contributed by atoms with Gasteiger partial charge in [-0.3, -0.25) is 19.4 Å². The number of aromatic nitrogens is 1. The molecule has 1 saturated heterocycles. The van der Waals surface area contributed by atoms with E-state index >= 15 is 0 Å². The monoisotopic (exact) mass is 558 g/mol. The van der Waals surface area contributed by atoms with Crippen LogP contribution in [-0.2, 0) is 16.6 Å². The van der Waals surface area contributed by atoms with Crippen molar-refractivity contribution in [3.05, 3.63) is 96.2 Å². The van der Waals surface area contributed by atoms with Gasteiger partial charge in [-0.15, -0.1) is 0 Å². The Morgan fingerprint density at radius 2 is 1.65 bits per heavy atom. The average Bonchev–Trinajstić information content (AvgIpc) is 2.98. The van der Waals surface area contributed by atoms with E-state index in [9.17, 15) is 13.2 Å². The van der Waals surface area contributed by atoms with Crippen LogP contribution in [0.15, 0.2) is 90.0 Å². The molecule has 9 heteroatoms. The molecule has 8 nitrogen and oxygen atoms in total. The first-order valence-corrected chi connectivity index (χ1v) is 15.1. The van der Waals surface area contributed by atoms with E-state index in [0.29, 0.717) is 29.9 Å². The molecule has 1 fully saturated rings. The number of nitrogens with one attached hydrogen (secondary N) is 1. The minimum Gasteiger partial charge on any atom is -0.494 e. The fourth-order valence-electron chi connectivity index (χ4n) is 4.76. The average molecular weight is 559 g/mol. The van der Waals surface area contributed by atoms with Gasteiger partial charge in [0.05, 0.1) is 12.1 Å². The van der Waals surface area contributed by atoms with Crippen LogP contribution in [0.25, 0.3) is 10.9 Å². The molecule has 2 heterocycles. The zero-order valence-electron chi connectivity index (χ0n) is 22.6. The van der Waals surface area contributed by atoms with E-state index in [-0.39, 0.29) is 10.8 Å². The molecule has 4 aromatic rings. The van der Waals surface area contributed by atoms with Crippen LogP contribution >= 0.6 is 0 Å². The molecular weight excluding hydrogens is 524 g/mol. The molecule has 0 atom stereocenters. The third-order valence-corrected chi connectivity index (χ3v) is 8.44. The lowest BCUT2D eigenvalue weighted by molar-refractivity contribution is 0.0628. The van der Waals surface area contributed by atoms with E-state index in [1.54, 1.807) is 42.6 Å². The molecule has 1 aliphatic heterocycles. The molecule has 0 radical (unpaired) electrons. The zero-order chi connectivity index (χ0) is 28.0. The zero-order valence-corrected chi connectivity index (χ0v) is 23.4. The topological polar surface area (TPSA) is 91.8 Å². The van der Waals surface area contributed by atoms with Crippen molar-refractivity contribution in [2.24, 2.45) is 0 Å². The Morgan fingerprint density at radius 3 is 2.38 bits per heavy atom. The van der Waals surface area contributed by atoms with E-state index in [0.717, 1.165) is 50.2 Å². The van der Waals surface area contributed by atoms with Crippen LogP contribution in [0.5, 0.6) is 5.75 Å². The molecule has 0 aliphatic carbocycles. The molecule has 1 N–H and O–H groups in total. The Morgan fingerprint density at radius 1 is 0.925 bits per heavy atom. The van der Waals surface area contributed by atoms with Crippen molar-refractivity contribution in [1.29, 1.82) is 0 Å². The van der Waals surface area contributed by atoms with Gasteiger partial charge >= 0.3 is 0 Å². The van der Waals surface area contributed by atoms with Crippen LogP contribution in [0.1, 0.15) is 35.7 Å². The molecule has 0 unspecified atom stereocenters. The number of sulfonamides is 1. The lowest BCUT2D eigenvalue weighted by Gasteiger charge is -2.34. The quantitative estimate of drug-likeness (QED) is 0.270. The van der Waals surface area contributed by atoms with Crippen molar-refractivity contribution in [3.63, 3.8) is 0 Å². The summed E-state index contributed by atoms with van der Waals surface area (Å²) in [6.45, 7) is 6.58. The summed E-state index contributed by atoms with van der Waals surface area (Å²) in [4.78, 5) is 21.7. The number of piperazine rings is 1. The van der Waals surface area contributed by atoms with Gasteiger partial charge in [0.25, 0.3) is 15.9 Å². The van der Waals surface area contributed by atoms with E-state index in [1.807, 2.05) is 29.2 Å². The highest BCUT2D eigenvalue weighted by Gasteiger charge is 2.23. The standard InChI is InChI=1S/C31H34N4O4S/c1-2-3-22-39-28-15-9-24(10-16-28)23-34-18-20-35(21-19-34)31(36)26-11-13-27(14-12-26)33-40(37,38)29-8-4-6-25-7-5-17-32-30(25)29/h4-17,33H,2-3,18-23H2,1H3. The van der Waals surface area contributed by atoms with Gasteiger partial charge in [-0.25, -0.2) is 8.42 Å². The number of rotatable bonds is 10. The van der Waals surface area contributed by atoms with Gasteiger partial charge in [0, 0.05) is 55.6 Å². The number of nitrogens with zero attached hydrogens (tertiary/aromatic N) is 3. The summed E-state index contributed by atoms with van der Waals surface area (Å²) in [5.74, 6) is 0.845. The smallest absolute Gasteiger partial charge is 0.264 e. The molecule has 1 amide bonds. The number of carbonyl (C=O) groups excluding carboxylic acids is 1. The van der Waals surface area contributed by atoms with Crippen molar-refractivity contribution in [2.75, 3.05) is 37.5 Å². The lowest BCUT2D eigenvalue weighted by Crippen LogP contribution is -2.48. The van der Waals surface area contributed by atoms with Gasteiger partial charge in [-0.1, -0.05) is 43.7 Å². The molecule has 0 saturated carbocycles. The van der Waals surface area contributed by atoms with Crippen LogP contribution in [0.3, 0.4) is 0 Å². The summed E-state index contributed by atoms with van der Waals surface area (Å²) in [5.41, 5.74) is 2.55. The van der Waals surface area contributed by atoms with Gasteiger partial charge in [0.15, 0.2) is 0 Å². The third kappa shape index (κ3) is 6.60. The fraction of sp³-hybridized carbons (Fsp3) is 0.290. The van der Waals surface area contributed by atoms with Crippen molar-refractivity contribution in [2.45, 2.75) is 31.2 Å². The Bertz CT molecular complexity index is 1540. The first-order chi connectivity index (χ1) is 19.4. The second kappa shape index (κ2) is 12.5. The molecule has 0 bridgehead atoms. The predicted molar refractivity (Wildman–Crippen MR) is 157 cm³/mol. The number of amides is 1. The predicted octanol–water partition coefficient (Wildman–Crippen LogP) is 5.17. The second-order valence-corrected chi connectivity index (χ2v) is 11.6. The van der Waals surface area contributed by atoms with Gasteiger partial charge in [-0.2, -0.15) is 0 Å². The summed E-state index contributed by atoms with van der Waals surface area (Å²) in [6, 6.07) is 23.5. The maximum absolute atomic E-state index is 13.1. The minimum absolute atomic E-state index is 0.0547. The number of pyridine rings is 1. The Labute approximate surface area is 235 Å². The van der Waals surface area contributed by atoms with Gasteiger partial charge in [-0.05, 0) is 60.5 Å². The first kappa shape index (κ1) is 27.6. The summed E-state index contributed by atoms with van der Waals surface area (Å²) >= 11 is 0. The number of fused-ring (bicyclic) bond motifs is 1. The molecule has 3 aromatic carbocycles. The molecule has 5 rings (SSSR count). The van der Waals surface area contributed by atoms with Crippen molar-refractivity contribution < 1.29 is 17.9 Å². The number of ether oxygens (including phenoxy) is 1. The minimum atomic E-state index is -3.85. The summed E-state index contributed by atoms with van der Waals surface area (Å²) in [7, 11) is -3.85. The molecule has 0 spiro atoms. The summed E-state index contributed by atoms with van der Waals surface area (Å²) < 4.78 is 34.5. The summed E-state index contributed by atoms with van der Waals surface area (Å²) in [5, 5.41) is 0.747. The molecule has 1 aromatic heterocycles. The highest BCUT2D eigenvalue weighted by molar-refractivity contribution is 7.93. The second-order valence-electron chi connectivity index (χ2n) is 9.93. The van der Waals surface area contributed by atoms with Crippen LogP contribution in [0.2, 0.25) is 0 Å². The van der Waals surface area contributed by atoms with Gasteiger partial charge in [0.1, 0.15) is 10.6 Å². The third-order valence-electron chi connectivity index (χ3n) is 7.02. The van der Waals surface area contributed by atoms with Crippen molar-refractivity contribution in [3.8, 4) is 5.75 Å². The fourth-order valence-corrected chi connectivity index (χ4v) is 6.00. The Balaban J connectivity index is 1.14. The number of hydrogen-bond acceptors (Lipinski definition) is 6. The number of carbonyl (C=O) groups is 1. The molecule has 40 heavy (non-hydrogen) atoms. The maximum atomic E-state index is 13.1. The molecular formula is C31H34N4O4S. The van der Waals surface area contributed by atoms with Gasteiger partial charge in [0.2, 0.25) is 0 Å². The SMILES string of the molecule is CCCCOc1ccc(CN2CCN(C(=O)c3ccc(NS(=O)(=O)c4cccc5cccnc45)cc3)CC2)cc1. The largest absolute Gasteiger partial charge is 0.494 e. The Kier molecular flexibility index (Phi) is 8.62. The highest BCUT2D eigenvalue weighted by Crippen LogP contribution is 2.24. The first-order valence-electron chi connectivity index (χ1n) is 13.6. The van der Waals surface area contributed by atoms with Crippen molar-refractivity contribution >= 4 is 32.5 Å². The number of unbranched alkanes of at least 4 members (excludes halogenated alkanes) is 1. The normalized spacial score (nSPS) is 14.3. The van der Waals surface area contributed by atoms with Crippen LogP contribution in [0.4, 0.5) is 5.69 Å². The summed E-state index contributed by atoms with van der Waals surface area (Å²) in [6.07, 6.45) is 3.74. The number of benzene rings is 3. The number of para-hydroxylation sites is 1. The van der Waals surface area contributed by atoms with Crippen LogP contribution in [0, 0.1) is 0 Å². The van der Waals surface area contributed by atoms with Gasteiger partial charge < -0.3 is 9.64 Å². The Hall–Kier alpha value is -3.95. The molecule has 1 aliphatic rings. The molecule has 208 valence electrons. The van der Waals surface area contributed by atoms with E-state index in [2.05, 4.69) is 33.7 Å². The van der Waals surface area contributed by atoms with E-state index < -0.39 is 10.0 Å². The maximum Gasteiger partial charge on any atom is 0.264 e. The highest BCUT2D eigenvalue weighted by atomic mass is 32.2. The number of anilines is 1. The van der Waals surface area contributed by atoms with E-state index in [4.69, 9.17) is 4.74 Å². The number of hydrogen-bond donors (Lipinski definition) is 1. The van der Waals surface area contributed by atoms with E-state index in [1.165, 1.54) is 11.6 Å².